The van der Waals surface area contributed by atoms with Crippen molar-refractivity contribution in [2.45, 2.75) is 20.4 Å². The molecule has 4 heteroatoms. The molecule has 0 aliphatic rings. The van der Waals surface area contributed by atoms with Gasteiger partial charge < -0.3 is 9.80 Å². The summed E-state index contributed by atoms with van der Waals surface area (Å²) in [6.07, 6.45) is 0. The van der Waals surface area contributed by atoms with Crippen LogP contribution in [-0.2, 0) is 6.54 Å². The van der Waals surface area contributed by atoms with Crippen LogP contribution in [0.15, 0.2) is 84.9 Å². The van der Waals surface area contributed by atoms with Gasteiger partial charge in [0.25, 0.3) is 11.8 Å². The Balaban J connectivity index is 1.82. The molecule has 0 N–H and O–H groups in total. The minimum absolute atomic E-state index is 0.0752. The quantitative estimate of drug-likeness (QED) is 0.572. The van der Waals surface area contributed by atoms with Crippen LogP contribution in [0.25, 0.3) is 0 Å². The third kappa shape index (κ3) is 4.91. The van der Waals surface area contributed by atoms with E-state index in [0.29, 0.717) is 30.8 Å². The average molecular weight is 386 g/mol. The second kappa shape index (κ2) is 9.69. The normalized spacial score (nSPS) is 10.4. The van der Waals surface area contributed by atoms with Gasteiger partial charge >= 0.3 is 0 Å². The fourth-order valence-electron chi connectivity index (χ4n) is 3.31. The fraction of sp³-hybridized carbons (Fsp3) is 0.200. The van der Waals surface area contributed by atoms with Gasteiger partial charge in [-0.3, -0.25) is 9.59 Å². The lowest BCUT2D eigenvalue weighted by atomic mass is 10.1. The number of carbonyl (C=O) groups excluding carboxylic acids is 2. The van der Waals surface area contributed by atoms with Crippen LogP contribution in [0.2, 0.25) is 0 Å². The monoisotopic (exact) mass is 386 g/mol. The number of nitrogens with zero attached hydrogens (tertiary/aromatic N) is 2. The Bertz CT molecular complexity index is 955. The highest BCUT2D eigenvalue weighted by atomic mass is 16.2. The molecule has 0 aliphatic heterocycles. The van der Waals surface area contributed by atoms with Crippen LogP contribution < -0.4 is 4.90 Å². The van der Waals surface area contributed by atoms with Crippen LogP contribution in [0.5, 0.6) is 0 Å². The Hall–Kier alpha value is -3.40. The number of anilines is 1. The Labute approximate surface area is 172 Å². The second-order valence-corrected chi connectivity index (χ2v) is 6.77. The summed E-state index contributed by atoms with van der Waals surface area (Å²) in [6.45, 7) is 5.59. The van der Waals surface area contributed by atoms with Gasteiger partial charge in [-0.1, -0.05) is 54.6 Å². The van der Waals surface area contributed by atoms with Crippen molar-refractivity contribution in [2.24, 2.45) is 0 Å². The van der Waals surface area contributed by atoms with Gasteiger partial charge in [0.1, 0.15) is 0 Å². The molecule has 0 spiro atoms. The first-order valence-electron chi connectivity index (χ1n) is 9.94. The van der Waals surface area contributed by atoms with Crippen molar-refractivity contribution in [1.29, 1.82) is 0 Å². The van der Waals surface area contributed by atoms with E-state index in [-0.39, 0.29) is 11.8 Å². The fourth-order valence-corrected chi connectivity index (χ4v) is 3.31. The van der Waals surface area contributed by atoms with E-state index in [1.807, 2.05) is 74.5 Å². The lowest BCUT2D eigenvalue weighted by Gasteiger charge is -2.23. The third-order valence-corrected chi connectivity index (χ3v) is 4.87. The van der Waals surface area contributed by atoms with Crippen molar-refractivity contribution in [3.8, 4) is 0 Å². The SMILES string of the molecule is CCN(Cc1ccccc1)C(=O)c1cccc(C(=O)N(CC)c2ccccc2)c1. The van der Waals surface area contributed by atoms with E-state index in [1.165, 1.54) is 0 Å². The maximum absolute atomic E-state index is 13.1. The molecule has 0 bridgehead atoms. The number of para-hydroxylation sites is 1. The smallest absolute Gasteiger partial charge is 0.258 e. The van der Waals surface area contributed by atoms with Crippen molar-refractivity contribution >= 4 is 17.5 Å². The van der Waals surface area contributed by atoms with Gasteiger partial charge in [-0.25, -0.2) is 0 Å². The van der Waals surface area contributed by atoms with E-state index >= 15 is 0 Å². The summed E-state index contributed by atoms with van der Waals surface area (Å²) in [5.74, 6) is -0.187. The first kappa shape index (κ1) is 20.3. The molecule has 148 valence electrons. The summed E-state index contributed by atoms with van der Waals surface area (Å²) >= 11 is 0. The summed E-state index contributed by atoms with van der Waals surface area (Å²) in [5.41, 5.74) is 2.96. The van der Waals surface area contributed by atoms with Crippen LogP contribution in [-0.4, -0.2) is 29.8 Å². The van der Waals surface area contributed by atoms with Crippen molar-refractivity contribution in [2.75, 3.05) is 18.0 Å². The summed E-state index contributed by atoms with van der Waals surface area (Å²) < 4.78 is 0. The molecule has 2 amide bonds. The van der Waals surface area contributed by atoms with E-state index in [2.05, 4.69) is 0 Å². The number of hydrogen-bond donors (Lipinski definition) is 0. The average Bonchev–Trinajstić information content (AvgIpc) is 2.79. The van der Waals surface area contributed by atoms with Gasteiger partial charge in [-0.15, -0.1) is 0 Å². The van der Waals surface area contributed by atoms with E-state index in [1.54, 1.807) is 34.1 Å². The summed E-state index contributed by atoms with van der Waals surface area (Å²) in [5, 5.41) is 0. The maximum atomic E-state index is 13.1. The zero-order valence-corrected chi connectivity index (χ0v) is 16.9. The lowest BCUT2D eigenvalue weighted by Crippen LogP contribution is -2.32. The van der Waals surface area contributed by atoms with Gasteiger partial charge in [0.2, 0.25) is 0 Å². The summed E-state index contributed by atoms with van der Waals surface area (Å²) in [6, 6.07) is 26.5. The van der Waals surface area contributed by atoms with Crippen LogP contribution in [0.3, 0.4) is 0 Å². The molecule has 4 nitrogen and oxygen atoms in total. The Morgan fingerprint density at radius 1 is 0.690 bits per heavy atom. The van der Waals surface area contributed by atoms with Crippen molar-refractivity contribution in [3.05, 3.63) is 102 Å². The molecule has 0 heterocycles. The minimum atomic E-state index is -0.112. The van der Waals surface area contributed by atoms with Gasteiger partial charge in [0, 0.05) is 36.4 Å². The molecule has 0 aromatic heterocycles. The first-order valence-corrected chi connectivity index (χ1v) is 9.94. The van der Waals surface area contributed by atoms with Gasteiger partial charge in [0.05, 0.1) is 0 Å². The lowest BCUT2D eigenvalue weighted by molar-refractivity contribution is 0.0752. The molecular formula is C25H26N2O2. The molecule has 0 unspecified atom stereocenters. The number of rotatable bonds is 7. The minimum Gasteiger partial charge on any atom is -0.335 e. The highest BCUT2D eigenvalue weighted by molar-refractivity contribution is 6.07. The predicted octanol–water partition coefficient (Wildman–Crippen LogP) is 5.02. The van der Waals surface area contributed by atoms with E-state index in [4.69, 9.17) is 0 Å². The Morgan fingerprint density at radius 2 is 1.28 bits per heavy atom. The van der Waals surface area contributed by atoms with E-state index < -0.39 is 0 Å². The maximum Gasteiger partial charge on any atom is 0.258 e. The highest BCUT2D eigenvalue weighted by Gasteiger charge is 2.19. The van der Waals surface area contributed by atoms with Gasteiger partial charge in [-0.2, -0.15) is 0 Å². The van der Waals surface area contributed by atoms with Crippen molar-refractivity contribution in [1.82, 2.24) is 4.90 Å². The second-order valence-electron chi connectivity index (χ2n) is 6.77. The molecule has 0 saturated heterocycles. The number of benzene rings is 3. The molecular weight excluding hydrogens is 360 g/mol. The number of hydrogen-bond acceptors (Lipinski definition) is 2. The third-order valence-electron chi connectivity index (χ3n) is 4.87. The summed E-state index contributed by atoms with van der Waals surface area (Å²) in [4.78, 5) is 29.6. The molecule has 0 aliphatic carbocycles. The highest BCUT2D eigenvalue weighted by Crippen LogP contribution is 2.18. The first-order chi connectivity index (χ1) is 14.1. The van der Waals surface area contributed by atoms with Crippen LogP contribution in [0.1, 0.15) is 40.1 Å². The van der Waals surface area contributed by atoms with Gasteiger partial charge in [0.15, 0.2) is 0 Å². The molecule has 0 fully saturated rings. The number of carbonyl (C=O) groups is 2. The van der Waals surface area contributed by atoms with Crippen LogP contribution >= 0.6 is 0 Å². The Kier molecular flexibility index (Phi) is 6.80. The zero-order valence-electron chi connectivity index (χ0n) is 16.9. The van der Waals surface area contributed by atoms with Crippen LogP contribution in [0, 0.1) is 0 Å². The largest absolute Gasteiger partial charge is 0.335 e. The molecule has 29 heavy (non-hydrogen) atoms. The molecule has 3 rings (SSSR count). The molecule has 3 aromatic rings. The van der Waals surface area contributed by atoms with E-state index in [9.17, 15) is 9.59 Å². The van der Waals surface area contributed by atoms with Crippen LogP contribution in [0.4, 0.5) is 5.69 Å². The predicted molar refractivity (Wildman–Crippen MR) is 117 cm³/mol. The number of amides is 2. The molecule has 0 radical (unpaired) electrons. The molecule has 3 aromatic carbocycles. The van der Waals surface area contributed by atoms with Crippen molar-refractivity contribution in [3.63, 3.8) is 0 Å². The molecule has 0 atom stereocenters. The summed E-state index contributed by atoms with van der Waals surface area (Å²) in [7, 11) is 0. The zero-order chi connectivity index (χ0) is 20.6. The topological polar surface area (TPSA) is 40.6 Å². The Morgan fingerprint density at radius 3 is 1.86 bits per heavy atom. The van der Waals surface area contributed by atoms with E-state index in [0.717, 1.165) is 11.3 Å². The molecule has 0 saturated carbocycles. The van der Waals surface area contributed by atoms with Crippen molar-refractivity contribution < 1.29 is 9.59 Å². The van der Waals surface area contributed by atoms with Gasteiger partial charge in [-0.05, 0) is 49.7 Å². The standard InChI is InChI=1S/C25H26N2O2/c1-3-26(19-20-12-7-5-8-13-20)24(28)21-14-11-15-22(18-21)25(29)27(4-2)23-16-9-6-10-17-23/h5-18H,3-4,19H2,1-2H3.